The number of anilines is 1. The highest BCUT2D eigenvalue weighted by molar-refractivity contribution is 5.91. The van der Waals surface area contributed by atoms with Crippen LogP contribution in [0, 0.1) is 6.92 Å². The Balaban J connectivity index is 1.47. The molecule has 3 aromatic rings. The molecule has 0 spiro atoms. The number of oxazole rings is 1. The van der Waals surface area contributed by atoms with Gasteiger partial charge in [-0.25, -0.2) is 14.8 Å². The molecule has 7 nitrogen and oxygen atoms in total. The number of urea groups is 1. The van der Waals surface area contributed by atoms with Crippen molar-refractivity contribution in [3.05, 3.63) is 42.8 Å². The van der Waals surface area contributed by atoms with Crippen molar-refractivity contribution in [1.29, 1.82) is 0 Å². The van der Waals surface area contributed by atoms with Gasteiger partial charge in [0.1, 0.15) is 5.52 Å². The van der Waals surface area contributed by atoms with E-state index in [-0.39, 0.29) is 12.1 Å². The number of benzene rings is 1. The van der Waals surface area contributed by atoms with Gasteiger partial charge in [0.05, 0.1) is 12.4 Å². The third-order valence-corrected chi connectivity index (χ3v) is 4.37. The first-order valence-corrected chi connectivity index (χ1v) is 8.09. The number of nitrogens with zero attached hydrogens (tertiary/aromatic N) is 4. The van der Waals surface area contributed by atoms with E-state index in [0.29, 0.717) is 11.5 Å². The molecule has 24 heavy (non-hydrogen) atoms. The van der Waals surface area contributed by atoms with E-state index >= 15 is 0 Å². The molecule has 7 heteroatoms. The zero-order chi connectivity index (χ0) is 16.5. The van der Waals surface area contributed by atoms with E-state index < -0.39 is 0 Å². The number of aromatic nitrogens is 3. The average Bonchev–Trinajstić information content (AvgIpc) is 3.27. The Hall–Kier alpha value is -2.83. The molecule has 1 fully saturated rings. The molecule has 0 saturated carbocycles. The van der Waals surface area contributed by atoms with E-state index in [1.165, 1.54) is 0 Å². The zero-order valence-electron chi connectivity index (χ0n) is 13.5. The number of amides is 2. The van der Waals surface area contributed by atoms with Crippen LogP contribution in [0.15, 0.2) is 41.3 Å². The number of nitrogens with one attached hydrogen (secondary N) is 1. The molecule has 1 aromatic carbocycles. The van der Waals surface area contributed by atoms with Crippen LogP contribution in [-0.4, -0.2) is 38.1 Å². The SMILES string of the molecule is Cc1nc2ccc(NC(=O)N3CCCC3Cn3ccnc3)cc2o1. The van der Waals surface area contributed by atoms with Gasteiger partial charge < -0.3 is 19.2 Å². The smallest absolute Gasteiger partial charge is 0.322 e. The maximum absolute atomic E-state index is 12.6. The van der Waals surface area contributed by atoms with Crippen LogP contribution < -0.4 is 5.32 Å². The topological polar surface area (TPSA) is 76.2 Å². The fraction of sp³-hybridized carbons (Fsp3) is 0.353. The molecule has 1 aliphatic heterocycles. The second-order valence-electron chi connectivity index (χ2n) is 6.09. The van der Waals surface area contributed by atoms with Crippen LogP contribution in [0.4, 0.5) is 10.5 Å². The molecule has 3 heterocycles. The van der Waals surface area contributed by atoms with Crippen LogP contribution in [0.1, 0.15) is 18.7 Å². The quantitative estimate of drug-likeness (QED) is 0.803. The zero-order valence-corrected chi connectivity index (χ0v) is 13.5. The normalized spacial score (nSPS) is 17.5. The first kappa shape index (κ1) is 14.7. The lowest BCUT2D eigenvalue weighted by Crippen LogP contribution is -2.40. The summed E-state index contributed by atoms with van der Waals surface area (Å²) in [7, 11) is 0. The second kappa shape index (κ2) is 5.99. The molecule has 0 radical (unpaired) electrons. The minimum atomic E-state index is -0.0757. The molecule has 2 amide bonds. The maximum Gasteiger partial charge on any atom is 0.322 e. The summed E-state index contributed by atoms with van der Waals surface area (Å²) in [6.07, 6.45) is 7.50. The van der Waals surface area contributed by atoms with Crippen molar-refractivity contribution in [2.75, 3.05) is 11.9 Å². The summed E-state index contributed by atoms with van der Waals surface area (Å²) in [6.45, 7) is 3.35. The predicted molar refractivity (Wildman–Crippen MR) is 89.7 cm³/mol. The number of aryl methyl sites for hydroxylation is 1. The van der Waals surface area contributed by atoms with Crippen molar-refractivity contribution in [3.63, 3.8) is 0 Å². The number of hydrogen-bond donors (Lipinski definition) is 1. The summed E-state index contributed by atoms with van der Waals surface area (Å²) in [5, 5.41) is 2.97. The Morgan fingerprint density at radius 2 is 2.38 bits per heavy atom. The number of imidazole rings is 1. The summed E-state index contributed by atoms with van der Waals surface area (Å²) >= 11 is 0. The van der Waals surface area contributed by atoms with E-state index in [1.54, 1.807) is 12.5 Å². The van der Waals surface area contributed by atoms with Crippen molar-refractivity contribution in [1.82, 2.24) is 19.4 Å². The fourth-order valence-corrected chi connectivity index (χ4v) is 3.24. The van der Waals surface area contributed by atoms with Crippen molar-refractivity contribution in [2.24, 2.45) is 0 Å². The number of rotatable bonds is 3. The van der Waals surface area contributed by atoms with Gasteiger partial charge in [0, 0.05) is 44.2 Å². The van der Waals surface area contributed by atoms with E-state index in [4.69, 9.17) is 4.42 Å². The number of carbonyl (C=O) groups excluding carboxylic acids is 1. The minimum Gasteiger partial charge on any atom is -0.441 e. The van der Waals surface area contributed by atoms with Gasteiger partial charge in [0.2, 0.25) is 0 Å². The van der Waals surface area contributed by atoms with Crippen molar-refractivity contribution in [3.8, 4) is 0 Å². The van der Waals surface area contributed by atoms with Crippen LogP contribution in [0.3, 0.4) is 0 Å². The van der Waals surface area contributed by atoms with Gasteiger partial charge in [-0.2, -0.15) is 0 Å². The number of likely N-dealkylation sites (tertiary alicyclic amines) is 1. The molecule has 0 bridgehead atoms. The van der Waals surface area contributed by atoms with Gasteiger partial charge in [-0.05, 0) is 25.0 Å². The molecule has 1 aliphatic rings. The summed E-state index contributed by atoms with van der Waals surface area (Å²) in [5.74, 6) is 0.619. The minimum absolute atomic E-state index is 0.0757. The van der Waals surface area contributed by atoms with Crippen molar-refractivity contribution < 1.29 is 9.21 Å². The molecule has 124 valence electrons. The van der Waals surface area contributed by atoms with E-state index in [0.717, 1.165) is 37.1 Å². The standard InChI is InChI=1S/C17H19N5O2/c1-12-19-15-5-4-13(9-16(15)24-12)20-17(23)22-7-2-3-14(22)10-21-8-6-18-11-21/h4-6,8-9,11,14H,2-3,7,10H2,1H3,(H,20,23). The molecule has 1 atom stereocenters. The van der Waals surface area contributed by atoms with Crippen LogP contribution in [0.2, 0.25) is 0 Å². The monoisotopic (exact) mass is 325 g/mol. The first-order valence-electron chi connectivity index (χ1n) is 8.09. The highest BCUT2D eigenvalue weighted by Crippen LogP contribution is 2.23. The molecule has 1 unspecified atom stereocenters. The summed E-state index contributed by atoms with van der Waals surface area (Å²) in [6, 6.07) is 5.63. The fourth-order valence-electron chi connectivity index (χ4n) is 3.24. The van der Waals surface area contributed by atoms with Gasteiger partial charge in [-0.15, -0.1) is 0 Å². The largest absolute Gasteiger partial charge is 0.441 e. The van der Waals surface area contributed by atoms with Gasteiger partial charge >= 0.3 is 6.03 Å². The molecule has 1 N–H and O–H groups in total. The Bertz CT molecular complexity index is 855. The van der Waals surface area contributed by atoms with Crippen LogP contribution >= 0.6 is 0 Å². The Labute approximate surface area is 139 Å². The average molecular weight is 325 g/mol. The summed E-state index contributed by atoms with van der Waals surface area (Å²) in [5.41, 5.74) is 2.20. The number of carbonyl (C=O) groups is 1. The number of hydrogen-bond acceptors (Lipinski definition) is 4. The Morgan fingerprint density at radius 3 is 3.21 bits per heavy atom. The maximum atomic E-state index is 12.6. The predicted octanol–water partition coefficient (Wildman–Crippen LogP) is 3.03. The van der Waals surface area contributed by atoms with Crippen molar-refractivity contribution in [2.45, 2.75) is 32.4 Å². The Kier molecular flexibility index (Phi) is 3.68. The highest BCUT2D eigenvalue weighted by Gasteiger charge is 2.29. The molecule has 1 saturated heterocycles. The van der Waals surface area contributed by atoms with Crippen LogP contribution in [-0.2, 0) is 6.54 Å². The van der Waals surface area contributed by atoms with Crippen LogP contribution in [0.25, 0.3) is 11.1 Å². The molecule has 4 rings (SSSR count). The van der Waals surface area contributed by atoms with Crippen molar-refractivity contribution >= 4 is 22.8 Å². The lowest BCUT2D eigenvalue weighted by atomic mass is 10.2. The third-order valence-electron chi connectivity index (χ3n) is 4.37. The lowest BCUT2D eigenvalue weighted by molar-refractivity contribution is 0.201. The first-order chi connectivity index (χ1) is 11.7. The summed E-state index contributed by atoms with van der Waals surface area (Å²) in [4.78, 5) is 22.9. The number of fused-ring (bicyclic) bond motifs is 1. The third kappa shape index (κ3) is 2.84. The molecule has 2 aromatic heterocycles. The molecular weight excluding hydrogens is 306 g/mol. The molecular formula is C17H19N5O2. The van der Waals surface area contributed by atoms with Gasteiger partial charge in [-0.1, -0.05) is 0 Å². The van der Waals surface area contributed by atoms with Crippen LogP contribution in [0.5, 0.6) is 0 Å². The van der Waals surface area contributed by atoms with E-state index in [2.05, 4.69) is 15.3 Å². The van der Waals surface area contributed by atoms with Gasteiger partial charge in [0.25, 0.3) is 0 Å². The van der Waals surface area contributed by atoms with E-state index in [1.807, 2.05) is 40.8 Å². The Morgan fingerprint density at radius 1 is 1.46 bits per heavy atom. The second-order valence-corrected chi connectivity index (χ2v) is 6.09. The van der Waals surface area contributed by atoms with E-state index in [9.17, 15) is 4.79 Å². The highest BCUT2D eigenvalue weighted by atomic mass is 16.3. The summed E-state index contributed by atoms with van der Waals surface area (Å²) < 4.78 is 7.53. The van der Waals surface area contributed by atoms with Gasteiger partial charge in [0.15, 0.2) is 11.5 Å². The lowest BCUT2D eigenvalue weighted by Gasteiger charge is -2.25. The molecule has 0 aliphatic carbocycles. The van der Waals surface area contributed by atoms with Gasteiger partial charge in [-0.3, -0.25) is 0 Å².